The first kappa shape index (κ1) is 18.0. The molecular formula is C20H18O5. The average molecular weight is 338 g/mol. The minimum atomic E-state index is -0.558. The van der Waals surface area contributed by atoms with Gasteiger partial charge in [0, 0.05) is 23.3 Å². The van der Waals surface area contributed by atoms with Crippen molar-refractivity contribution in [3.8, 4) is 17.2 Å². The van der Waals surface area contributed by atoms with E-state index in [1.807, 2.05) is 0 Å². The van der Waals surface area contributed by atoms with Gasteiger partial charge >= 0.3 is 5.97 Å². The first-order valence-electron chi connectivity index (χ1n) is 7.45. The van der Waals surface area contributed by atoms with Crippen LogP contribution in [0.2, 0.25) is 0 Å². The molecule has 0 heterocycles. The Balaban J connectivity index is 2.37. The third-order valence-corrected chi connectivity index (χ3v) is 3.45. The molecule has 0 N–H and O–H groups in total. The summed E-state index contributed by atoms with van der Waals surface area (Å²) in [6.45, 7) is 3.35. The summed E-state index contributed by atoms with van der Waals surface area (Å²) in [5, 5.41) is 0. The number of methoxy groups -OCH3 is 2. The van der Waals surface area contributed by atoms with Crippen molar-refractivity contribution in [2.45, 2.75) is 0 Å². The highest BCUT2D eigenvalue weighted by molar-refractivity contribution is 6.13. The van der Waals surface area contributed by atoms with Crippen LogP contribution in [0, 0.1) is 0 Å². The topological polar surface area (TPSA) is 61.8 Å². The fraction of sp³-hybridized carbons (Fsp3) is 0.100. The fourth-order valence-electron chi connectivity index (χ4n) is 2.17. The second-order valence-corrected chi connectivity index (χ2v) is 4.98. The monoisotopic (exact) mass is 338 g/mol. The van der Waals surface area contributed by atoms with Gasteiger partial charge < -0.3 is 14.2 Å². The van der Waals surface area contributed by atoms with Crippen molar-refractivity contribution in [1.29, 1.82) is 0 Å². The molecular weight excluding hydrogens is 320 g/mol. The van der Waals surface area contributed by atoms with E-state index in [0.717, 1.165) is 17.9 Å². The van der Waals surface area contributed by atoms with Gasteiger partial charge in [-0.05, 0) is 35.9 Å². The summed E-state index contributed by atoms with van der Waals surface area (Å²) in [5.41, 5.74) is 1.91. The van der Waals surface area contributed by atoms with E-state index in [4.69, 9.17) is 14.2 Å². The molecule has 5 heteroatoms. The highest BCUT2D eigenvalue weighted by Crippen LogP contribution is 2.29. The van der Waals surface area contributed by atoms with E-state index in [-0.39, 0.29) is 0 Å². The van der Waals surface area contributed by atoms with Crippen molar-refractivity contribution >= 4 is 23.9 Å². The van der Waals surface area contributed by atoms with Crippen LogP contribution < -0.4 is 14.2 Å². The second kappa shape index (κ2) is 8.49. The predicted octanol–water partition coefficient (Wildman–Crippen LogP) is 3.53. The molecule has 0 aromatic heterocycles. The molecule has 0 bridgehead atoms. The van der Waals surface area contributed by atoms with E-state index >= 15 is 0 Å². The molecule has 0 atom stereocenters. The summed E-state index contributed by atoms with van der Waals surface area (Å²) in [5.74, 6) is 0.954. The molecule has 0 aliphatic heterocycles. The Morgan fingerprint density at radius 2 is 1.68 bits per heavy atom. The molecule has 0 unspecified atom stereocenters. The Kier molecular flexibility index (Phi) is 6.12. The maximum atomic E-state index is 11.5. The van der Waals surface area contributed by atoms with Crippen LogP contribution in [0.15, 0.2) is 55.1 Å². The summed E-state index contributed by atoms with van der Waals surface area (Å²) in [7, 11) is 3.08. The van der Waals surface area contributed by atoms with Gasteiger partial charge in [0.25, 0.3) is 0 Å². The Bertz CT molecular complexity index is 803. The van der Waals surface area contributed by atoms with Crippen molar-refractivity contribution in [1.82, 2.24) is 0 Å². The lowest BCUT2D eigenvalue weighted by Gasteiger charge is -2.09. The lowest BCUT2D eigenvalue weighted by molar-refractivity contribution is -0.128. The molecule has 0 amide bonds. The van der Waals surface area contributed by atoms with Gasteiger partial charge in [0.05, 0.1) is 14.2 Å². The lowest BCUT2D eigenvalue weighted by atomic mass is 10.0. The van der Waals surface area contributed by atoms with E-state index in [0.29, 0.717) is 28.4 Å². The molecule has 0 aliphatic carbocycles. The number of allylic oxidation sites excluding steroid dienone is 1. The van der Waals surface area contributed by atoms with Gasteiger partial charge in [-0.25, -0.2) is 4.79 Å². The molecule has 2 aromatic carbocycles. The number of aldehydes is 1. The first-order valence-corrected chi connectivity index (χ1v) is 7.45. The van der Waals surface area contributed by atoms with Crippen molar-refractivity contribution < 1.29 is 23.8 Å². The third-order valence-electron chi connectivity index (χ3n) is 3.45. The maximum Gasteiger partial charge on any atom is 0.335 e. The number of ether oxygens (including phenoxy) is 3. The molecule has 0 spiro atoms. The maximum absolute atomic E-state index is 11.5. The van der Waals surface area contributed by atoms with Gasteiger partial charge in [-0.15, -0.1) is 0 Å². The molecule has 0 fully saturated rings. The van der Waals surface area contributed by atoms with Crippen LogP contribution in [0.5, 0.6) is 17.2 Å². The smallest absolute Gasteiger partial charge is 0.335 e. The van der Waals surface area contributed by atoms with E-state index in [2.05, 4.69) is 6.58 Å². The quantitative estimate of drug-likeness (QED) is 0.254. The standard InChI is InChI=1S/C20H18O5/c1-4-20(22)25-18-10-7-15(19(12-18)24-3)11-16(13-21)14-5-8-17(23-2)9-6-14/h4-13H,1H2,2-3H3/b16-11+. The van der Waals surface area contributed by atoms with Gasteiger partial charge in [0.2, 0.25) is 0 Å². The van der Waals surface area contributed by atoms with Crippen LogP contribution in [0.4, 0.5) is 0 Å². The van der Waals surface area contributed by atoms with Crippen LogP contribution in [-0.2, 0) is 9.59 Å². The number of carbonyl (C=O) groups is 2. The van der Waals surface area contributed by atoms with Gasteiger partial charge in [0.1, 0.15) is 17.2 Å². The zero-order valence-electron chi connectivity index (χ0n) is 14.0. The summed E-state index contributed by atoms with van der Waals surface area (Å²) in [6, 6.07) is 12.1. The number of rotatable bonds is 7. The van der Waals surface area contributed by atoms with Gasteiger partial charge in [-0.2, -0.15) is 0 Å². The minimum absolute atomic E-state index is 0.330. The SMILES string of the molecule is C=CC(=O)Oc1ccc(/C=C(\C=O)c2ccc(OC)cc2)c(OC)c1. The Hall–Kier alpha value is -3.34. The summed E-state index contributed by atoms with van der Waals surface area (Å²) in [4.78, 5) is 22.8. The van der Waals surface area contributed by atoms with Crippen LogP contribution in [0.1, 0.15) is 11.1 Å². The Labute approximate surface area is 146 Å². The lowest BCUT2D eigenvalue weighted by Crippen LogP contribution is -2.03. The van der Waals surface area contributed by atoms with Crippen LogP contribution >= 0.6 is 0 Å². The van der Waals surface area contributed by atoms with Crippen molar-refractivity contribution in [2.75, 3.05) is 14.2 Å². The number of hydrogen-bond donors (Lipinski definition) is 0. The van der Waals surface area contributed by atoms with E-state index in [9.17, 15) is 9.59 Å². The fourth-order valence-corrected chi connectivity index (χ4v) is 2.17. The highest BCUT2D eigenvalue weighted by Gasteiger charge is 2.08. The molecule has 0 aliphatic rings. The predicted molar refractivity (Wildman–Crippen MR) is 95.8 cm³/mol. The van der Waals surface area contributed by atoms with Gasteiger partial charge in [-0.3, -0.25) is 4.79 Å². The summed E-state index contributed by atoms with van der Waals surface area (Å²) in [6.07, 6.45) is 3.55. The molecule has 0 saturated heterocycles. The molecule has 25 heavy (non-hydrogen) atoms. The zero-order chi connectivity index (χ0) is 18.2. The molecule has 0 saturated carbocycles. The Morgan fingerprint density at radius 1 is 1.00 bits per heavy atom. The molecule has 5 nitrogen and oxygen atoms in total. The average Bonchev–Trinajstić information content (AvgIpc) is 2.66. The van der Waals surface area contributed by atoms with Crippen molar-refractivity contribution in [3.05, 3.63) is 66.2 Å². The highest BCUT2D eigenvalue weighted by atomic mass is 16.5. The zero-order valence-corrected chi connectivity index (χ0v) is 14.0. The van der Waals surface area contributed by atoms with Crippen molar-refractivity contribution in [2.24, 2.45) is 0 Å². The van der Waals surface area contributed by atoms with E-state index in [1.54, 1.807) is 55.7 Å². The minimum Gasteiger partial charge on any atom is -0.497 e. The first-order chi connectivity index (χ1) is 12.1. The normalized spacial score (nSPS) is 10.7. The molecule has 2 rings (SSSR count). The van der Waals surface area contributed by atoms with E-state index in [1.165, 1.54) is 7.11 Å². The number of benzene rings is 2. The largest absolute Gasteiger partial charge is 0.497 e. The number of esters is 1. The van der Waals surface area contributed by atoms with E-state index < -0.39 is 5.97 Å². The Morgan fingerprint density at radius 3 is 2.24 bits per heavy atom. The molecule has 2 aromatic rings. The summed E-state index contributed by atoms with van der Waals surface area (Å²) < 4.78 is 15.5. The third kappa shape index (κ3) is 4.57. The van der Waals surface area contributed by atoms with Gasteiger partial charge in [0.15, 0.2) is 6.29 Å². The summed E-state index contributed by atoms with van der Waals surface area (Å²) >= 11 is 0. The molecule has 128 valence electrons. The van der Waals surface area contributed by atoms with Crippen LogP contribution in [-0.4, -0.2) is 26.5 Å². The van der Waals surface area contributed by atoms with Gasteiger partial charge in [-0.1, -0.05) is 18.7 Å². The molecule has 0 radical (unpaired) electrons. The van der Waals surface area contributed by atoms with Crippen LogP contribution in [0.3, 0.4) is 0 Å². The number of carbonyl (C=O) groups excluding carboxylic acids is 2. The number of hydrogen-bond acceptors (Lipinski definition) is 5. The second-order valence-electron chi connectivity index (χ2n) is 4.98. The van der Waals surface area contributed by atoms with Crippen LogP contribution in [0.25, 0.3) is 11.6 Å². The van der Waals surface area contributed by atoms with Crippen molar-refractivity contribution in [3.63, 3.8) is 0 Å².